The van der Waals surface area contributed by atoms with E-state index >= 15 is 0 Å². The monoisotopic (exact) mass is 364 g/mol. The van der Waals surface area contributed by atoms with E-state index in [9.17, 15) is 19.2 Å². The number of ketones is 2. The number of carbonyl (C=O) groups is 4. The number of rotatable bonds is 0. The van der Waals surface area contributed by atoms with Gasteiger partial charge in [-0.1, -0.05) is 24.3 Å². The second kappa shape index (κ2) is 14.0. The number of hydrogen-bond acceptors (Lipinski definition) is 6. The van der Waals surface area contributed by atoms with Crippen molar-refractivity contribution < 1.29 is 28.7 Å². The molecule has 0 spiro atoms. The lowest BCUT2D eigenvalue weighted by molar-refractivity contribution is -0.146. The first kappa shape index (κ1) is 21.8. The minimum absolute atomic E-state index is 0.108. The summed E-state index contributed by atoms with van der Waals surface area (Å²) in [5.41, 5.74) is 0. The molecule has 1 rings (SSSR count). The van der Waals surface area contributed by atoms with Gasteiger partial charge in [-0.3, -0.25) is 19.2 Å². The second-order valence-corrected chi connectivity index (χ2v) is 6.23. The van der Waals surface area contributed by atoms with E-state index in [0.29, 0.717) is 25.7 Å². The van der Waals surface area contributed by atoms with E-state index in [4.69, 9.17) is 9.47 Å². The molecule has 0 atom stereocenters. The molecule has 0 aromatic rings. The summed E-state index contributed by atoms with van der Waals surface area (Å²) in [6.07, 6.45) is 12.1. The van der Waals surface area contributed by atoms with Gasteiger partial charge >= 0.3 is 11.9 Å². The van der Waals surface area contributed by atoms with Gasteiger partial charge in [0.05, 0.1) is 0 Å². The van der Waals surface area contributed by atoms with Crippen LogP contribution < -0.4 is 0 Å². The van der Waals surface area contributed by atoms with Crippen molar-refractivity contribution >= 4 is 23.5 Å². The van der Waals surface area contributed by atoms with Crippen molar-refractivity contribution in [1.82, 2.24) is 0 Å². The van der Waals surface area contributed by atoms with Gasteiger partial charge < -0.3 is 9.47 Å². The highest BCUT2D eigenvalue weighted by Crippen LogP contribution is 2.06. The Morgan fingerprint density at radius 2 is 1.00 bits per heavy atom. The number of cyclic esters (lactones) is 2. The second-order valence-electron chi connectivity index (χ2n) is 6.23. The number of carbonyl (C=O) groups excluding carboxylic acids is 4. The predicted octanol–water partition coefficient (Wildman–Crippen LogP) is 3.24. The molecule has 0 aliphatic carbocycles. The van der Waals surface area contributed by atoms with Crippen LogP contribution >= 0.6 is 0 Å². The Morgan fingerprint density at radius 1 is 0.577 bits per heavy atom. The summed E-state index contributed by atoms with van der Waals surface area (Å²) in [4.78, 5) is 46.4. The van der Waals surface area contributed by atoms with Crippen molar-refractivity contribution in [2.75, 3.05) is 13.2 Å². The molecule has 0 saturated carbocycles. The van der Waals surface area contributed by atoms with Crippen LogP contribution in [0.1, 0.15) is 64.2 Å². The van der Waals surface area contributed by atoms with Crippen LogP contribution in [0.2, 0.25) is 0 Å². The van der Waals surface area contributed by atoms with E-state index in [-0.39, 0.29) is 37.6 Å². The van der Waals surface area contributed by atoms with Crippen molar-refractivity contribution in [2.45, 2.75) is 64.2 Å². The van der Waals surface area contributed by atoms with Crippen molar-refractivity contribution in [3.05, 3.63) is 24.3 Å². The van der Waals surface area contributed by atoms with Gasteiger partial charge in [-0.05, 0) is 38.5 Å². The Labute approximate surface area is 154 Å². The molecule has 0 amide bonds. The topological polar surface area (TPSA) is 86.7 Å². The van der Waals surface area contributed by atoms with E-state index in [0.717, 1.165) is 25.7 Å². The van der Waals surface area contributed by atoms with E-state index in [1.807, 2.05) is 12.2 Å². The Morgan fingerprint density at radius 3 is 1.42 bits per heavy atom. The Balaban J connectivity index is 2.43. The fraction of sp³-hybridized carbons (Fsp3) is 0.600. The molecule has 1 aliphatic rings. The summed E-state index contributed by atoms with van der Waals surface area (Å²) in [7, 11) is 0. The molecule has 1 heterocycles. The van der Waals surface area contributed by atoms with Crippen LogP contribution in [-0.4, -0.2) is 36.7 Å². The highest BCUT2D eigenvalue weighted by Gasteiger charge is 2.11. The fourth-order valence-corrected chi connectivity index (χ4v) is 2.42. The number of allylic oxidation sites excluding steroid dienone is 2. The number of ether oxygens (including phenoxy) is 2. The zero-order valence-electron chi connectivity index (χ0n) is 15.2. The van der Waals surface area contributed by atoms with Gasteiger partial charge in [0.15, 0.2) is 0 Å². The first-order valence-corrected chi connectivity index (χ1v) is 9.22. The van der Waals surface area contributed by atoms with Crippen molar-refractivity contribution in [1.29, 1.82) is 0 Å². The lowest BCUT2D eigenvalue weighted by atomic mass is 10.1. The van der Waals surface area contributed by atoms with Gasteiger partial charge in [0.2, 0.25) is 0 Å². The Bertz CT molecular complexity index is 484. The van der Waals surface area contributed by atoms with Gasteiger partial charge in [-0.2, -0.15) is 0 Å². The summed E-state index contributed by atoms with van der Waals surface area (Å²) in [6.45, 7) is 0.309. The lowest BCUT2D eigenvalue weighted by Gasteiger charge is -2.03. The molecule has 0 fully saturated rings. The van der Waals surface area contributed by atoms with Crippen LogP contribution in [0.4, 0.5) is 0 Å². The minimum Gasteiger partial charge on any atom is -0.461 e. The van der Waals surface area contributed by atoms with E-state index < -0.39 is 11.9 Å². The molecule has 144 valence electrons. The van der Waals surface area contributed by atoms with Gasteiger partial charge in [-0.25, -0.2) is 0 Å². The third kappa shape index (κ3) is 12.2. The minimum atomic E-state index is -0.492. The molecule has 0 saturated heterocycles. The molecular weight excluding hydrogens is 336 g/mol. The summed E-state index contributed by atoms with van der Waals surface area (Å²) in [5, 5.41) is 0. The van der Waals surface area contributed by atoms with Gasteiger partial charge in [0, 0.05) is 12.8 Å². The maximum absolute atomic E-state index is 11.7. The molecule has 0 bridgehead atoms. The molecule has 1 aliphatic heterocycles. The molecule has 26 heavy (non-hydrogen) atoms. The molecule has 0 aromatic heterocycles. The van der Waals surface area contributed by atoms with Crippen LogP contribution in [0.5, 0.6) is 0 Å². The molecule has 6 nitrogen and oxygen atoms in total. The number of esters is 2. The normalized spacial score (nSPS) is 23.1. The largest absolute Gasteiger partial charge is 0.461 e. The molecule has 6 heteroatoms. The molecule has 0 aromatic carbocycles. The van der Waals surface area contributed by atoms with Gasteiger partial charge in [0.25, 0.3) is 0 Å². The van der Waals surface area contributed by atoms with Crippen molar-refractivity contribution in [3.63, 3.8) is 0 Å². The third-order valence-corrected chi connectivity index (χ3v) is 3.85. The SMILES string of the molecule is O=C1CCCC/C=C\COC(=O)CC(=O)CCCC/C=C\COC(=O)C1. The molecule has 0 N–H and O–H groups in total. The van der Waals surface area contributed by atoms with Crippen molar-refractivity contribution in [3.8, 4) is 0 Å². The van der Waals surface area contributed by atoms with Crippen LogP contribution in [0, 0.1) is 0 Å². The summed E-state index contributed by atoms with van der Waals surface area (Å²) < 4.78 is 9.98. The van der Waals surface area contributed by atoms with Crippen LogP contribution in [-0.2, 0) is 28.7 Å². The molecule has 0 unspecified atom stereocenters. The maximum Gasteiger partial charge on any atom is 0.313 e. The summed E-state index contributed by atoms with van der Waals surface area (Å²) in [6, 6.07) is 0. The highest BCUT2D eigenvalue weighted by molar-refractivity contribution is 5.96. The van der Waals surface area contributed by atoms with Crippen LogP contribution in [0.15, 0.2) is 24.3 Å². The van der Waals surface area contributed by atoms with E-state index in [2.05, 4.69) is 0 Å². The molecule has 0 radical (unpaired) electrons. The number of hydrogen-bond donors (Lipinski definition) is 0. The first-order chi connectivity index (χ1) is 12.6. The van der Waals surface area contributed by atoms with Crippen molar-refractivity contribution in [2.24, 2.45) is 0 Å². The Kier molecular flexibility index (Phi) is 11.7. The van der Waals surface area contributed by atoms with E-state index in [1.54, 1.807) is 12.2 Å². The maximum atomic E-state index is 11.7. The fourth-order valence-electron chi connectivity index (χ4n) is 2.42. The Hall–Kier alpha value is -2.24. The quantitative estimate of drug-likeness (QED) is 0.373. The zero-order valence-corrected chi connectivity index (χ0v) is 15.2. The smallest absolute Gasteiger partial charge is 0.313 e. The zero-order chi connectivity index (χ0) is 19.0. The summed E-state index contributed by atoms with van der Waals surface area (Å²) in [5.74, 6) is -1.20. The van der Waals surface area contributed by atoms with Crippen LogP contribution in [0.25, 0.3) is 0 Å². The van der Waals surface area contributed by atoms with Crippen LogP contribution in [0.3, 0.4) is 0 Å². The van der Waals surface area contributed by atoms with Gasteiger partial charge in [0.1, 0.15) is 37.6 Å². The average Bonchev–Trinajstić information content (AvgIpc) is 2.58. The summed E-state index contributed by atoms with van der Waals surface area (Å²) >= 11 is 0. The lowest BCUT2D eigenvalue weighted by Crippen LogP contribution is -2.11. The third-order valence-electron chi connectivity index (χ3n) is 3.85. The predicted molar refractivity (Wildman–Crippen MR) is 96.4 cm³/mol. The standard InChI is InChI=1S/C20H28O6/c21-17-11-7-3-1-5-9-13-25-19(23)16-18(22)12-8-4-2-6-10-14-26-20(24)15-17/h5-6,9-10H,1-4,7-8,11-16H2/b9-5-,10-6-. The van der Waals surface area contributed by atoms with E-state index in [1.165, 1.54) is 0 Å². The first-order valence-electron chi connectivity index (χ1n) is 9.22. The van der Waals surface area contributed by atoms with Gasteiger partial charge in [-0.15, -0.1) is 0 Å². The number of Topliss-reactive ketones (excluding diaryl/α,β-unsaturated/α-hetero) is 2. The highest BCUT2D eigenvalue weighted by atomic mass is 16.5. The average molecular weight is 364 g/mol. The molecular formula is C20H28O6.